The van der Waals surface area contributed by atoms with Crippen LogP contribution >= 0.6 is 0 Å². The lowest BCUT2D eigenvalue weighted by Crippen LogP contribution is -2.09. The monoisotopic (exact) mass is 415 g/mol. The van der Waals surface area contributed by atoms with Gasteiger partial charge in [-0.15, -0.1) is 0 Å². The van der Waals surface area contributed by atoms with Gasteiger partial charge in [-0.3, -0.25) is 4.79 Å². The molecule has 0 fully saturated rings. The summed E-state index contributed by atoms with van der Waals surface area (Å²) in [6, 6.07) is 22.1. The lowest BCUT2D eigenvalue weighted by molar-refractivity contribution is -0.146. The number of aliphatic hydroxyl groups is 1. The van der Waals surface area contributed by atoms with Crippen molar-refractivity contribution in [1.82, 2.24) is 4.57 Å². The Kier molecular flexibility index (Phi) is 5.37. The highest BCUT2D eigenvalue weighted by Gasteiger charge is 2.16. The standard InChI is InChI=1S/C25H18FNO4/c26-19-10-11-22-20(12-19)21(23(28)13-24(29)25(30)31)15-27(22)14-16-6-8-18(9-7-16)17-4-2-1-3-5-17/h1-13,15,28H,14H2,(H,30,31). The van der Waals surface area contributed by atoms with Crippen molar-refractivity contribution < 1.29 is 24.2 Å². The zero-order valence-electron chi connectivity index (χ0n) is 16.3. The van der Waals surface area contributed by atoms with Crippen molar-refractivity contribution in [2.75, 3.05) is 0 Å². The fourth-order valence-corrected chi connectivity index (χ4v) is 3.50. The van der Waals surface area contributed by atoms with Gasteiger partial charge in [0.15, 0.2) is 0 Å². The molecule has 0 saturated carbocycles. The minimum atomic E-state index is -1.68. The number of carboxylic acid groups (broad SMARTS) is 1. The van der Waals surface area contributed by atoms with E-state index in [4.69, 9.17) is 5.11 Å². The summed E-state index contributed by atoms with van der Waals surface area (Å²) in [6.45, 7) is 0.442. The molecule has 4 rings (SSSR count). The van der Waals surface area contributed by atoms with Gasteiger partial charge < -0.3 is 14.8 Å². The highest BCUT2D eigenvalue weighted by molar-refractivity contribution is 6.38. The molecule has 0 atom stereocenters. The van der Waals surface area contributed by atoms with Crippen molar-refractivity contribution in [3.05, 3.63) is 102 Å². The molecule has 5 nitrogen and oxygen atoms in total. The molecule has 154 valence electrons. The molecule has 0 aliphatic heterocycles. The van der Waals surface area contributed by atoms with Gasteiger partial charge in [-0.05, 0) is 34.9 Å². The number of carbonyl (C=O) groups is 2. The molecule has 0 amide bonds. The summed E-state index contributed by atoms with van der Waals surface area (Å²) in [4.78, 5) is 22.2. The van der Waals surface area contributed by atoms with E-state index in [1.807, 2.05) is 59.2 Å². The van der Waals surface area contributed by atoms with E-state index in [1.54, 1.807) is 12.3 Å². The zero-order chi connectivity index (χ0) is 22.0. The van der Waals surface area contributed by atoms with E-state index < -0.39 is 23.3 Å². The normalized spacial score (nSPS) is 11.6. The molecular formula is C25H18FNO4. The number of hydrogen-bond acceptors (Lipinski definition) is 3. The summed E-state index contributed by atoms with van der Waals surface area (Å²) >= 11 is 0. The fraction of sp³-hybridized carbons (Fsp3) is 0.0400. The maximum atomic E-state index is 13.8. The van der Waals surface area contributed by atoms with Crippen LogP contribution in [0.1, 0.15) is 11.1 Å². The summed E-state index contributed by atoms with van der Waals surface area (Å²) in [5.74, 6) is -3.97. The summed E-state index contributed by atoms with van der Waals surface area (Å²) < 4.78 is 15.7. The van der Waals surface area contributed by atoms with Gasteiger partial charge in [0.25, 0.3) is 5.78 Å². The molecule has 2 N–H and O–H groups in total. The Morgan fingerprint density at radius 3 is 2.26 bits per heavy atom. The molecule has 0 bridgehead atoms. The van der Waals surface area contributed by atoms with Crippen molar-refractivity contribution in [3.8, 4) is 11.1 Å². The predicted octanol–water partition coefficient (Wildman–Crippen LogP) is 5.05. The van der Waals surface area contributed by atoms with Gasteiger partial charge in [0, 0.05) is 35.3 Å². The van der Waals surface area contributed by atoms with E-state index in [-0.39, 0.29) is 5.56 Å². The van der Waals surface area contributed by atoms with Crippen LogP contribution in [0.4, 0.5) is 4.39 Å². The maximum absolute atomic E-state index is 13.8. The number of hydrogen-bond donors (Lipinski definition) is 2. The first-order chi connectivity index (χ1) is 14.9. The summed E-state index contributed by atoms with van der Waals surface area (Å²) in [7, 11) is 0. The Labute approximate surface area is 177 Å². The number of benzene rings is 3. The van der Waals surface area contributed by atoms with Crippen LogP contribution in [0, 0.1) is 5.82 Å². The Bertz CT molecular complexity index is 1300. The number of nitrogens with zero attached hydrogens (tertiary/aromatic N) is 1. The van der Waals surface area contributed by atoms with Crippen LogP contribution < -0.4 is 0 Å². The van der Waals surface area contributed by atoms with E-state index in [2.05, 4.69) is 0 Å². The van der Waals surface area contributed by atoms with Crippen LogP contribution in [0.15, 0.2) is 85.1 Å². The molecule has 31 heavy (non-hydrogen) atoms. The van der Waals surface area contributed by atoms with E-state index in [0.29, 0.717) is 23.5 Å². The third-order valence-corrected chi connectivity index (χ3v) is 5.01. The van der Waals surface area contributed by atoms with E-state index >= 15 is 0 Å². The SMILES string of the molecule is O=C(O)C(=O)C=C(O)c1cn(Cc2ccc(-c3ccccc3)cc2)c2ccc(F)cc12. The number of ketones is 1. The van der Waals surface area contributed by atoms with Crippen LogP contribution in [0.5, 0.6) is 0 Å². The second-order valence-corrected chi connectivity index (χ2v) is 7.09. The van der Waals surface area contributed by atoms with Crippen LogP contribution in [0.3, 0.4) is 0 Å². The van der Waals surface area contributed by atoms with Gasteiger partial charge in [0.05, 0.1) is 0 Å². The third kappa shape index (κ3) is 4.23. The van der Waals surface area contributed by atoms with Crippen molar-refractivity contribution >= 4 is 28.4 Å². The smallest absolute Gasteiger partial charge is 0.376 e. The number of aromatic nitrogens is 1. The van der Waals surface area contributed by atoms with Crippen molar-refractivity contribution in [2.45, 2.75) is 6.54 Å². The maximum Gasteiger partial charge on any atom is 0.376 e. The number of rotatable bonds is 6. The first-order valence-corrected chi connectivity index (χ1v) is 9.53. The summed E-state index contributed by atoms with van der Waals surface area (Å²) in [6.07, 6.45) is 2.21. The largest absolute Gasteiger partial charge is 0.507 e. The molecule has 3 aromatic carbocycles. The fourth-order valence-electron chi connectivity index (χ4n) is 3.50. The number of carbonyl (C=O) groups excluding carboxylic acids is 1. The van der Waals surface area contributed by atoms with Crippen molar-refractivity contribution in [2.24, 2.45) is 0 Å². The van der Waals surface area contributed by atoms with Crippen molar-refractivity contribution in [1.29, 1.82) is 0 Å². The van der Waals surface area contributed by atoms with Crippen LogP contribution in [-0.2, 0) is 16.1 Å². The van der Waals surface area contributed by atoms with Crippen LogP contribution in [-0.4, -0.2) is 26.5 Å². The molecule has 4 aromatic rings. The van der Waals surface area contributed by atoms with Crippen molar-refractivity contribution in [3.63, 3.8) is 0 Å². The van der Waals surface area contributed by atoms with Crippen LogP contribution in [0.2, 0.25) is 0 Å². The molecule has 1 aromatic heterocycles. The molecule has 0 aliphatic carbocycles. The second-order valence-electron chi connectivity index (χ2n) is 7.09. The first kappa shape index (κ1) is 20.1. The third-order valence-electron chi connectivity index (χ3n) is 5.01. The molecule has 1 heterocycles. The van der Waals surface area contributed by atoms with Gasteiger partial charge in [0.2, 0.25) is 0 Å². The number of aliphatic hydroxyl groups excluding tert-OH is 1. The molecule has 0 aliphatic rings. The molecule has 6 heteroatoms. The molecule has 0 unspecified atom stereocenters. The predicted molar refractivity (Wildman–Crippen MR) is 116 cm³/mol. The first-order valence-electron chi connectivity index (χ1n) is 9.53. The molecular weight excluding hydrogens is 397 g/mol. The molecule has 0 saturated heterocycles. The summed E-state index contributed by atoms with van der Waals surface area (Å²) in [5.41, 5.74) is 4.00. The number of halogens is 1. The average Bonchev–Trinajstić information content (AvgIpc) is 3.12. The van der Waals surface area contributed by atoms with E-state index in [1.165, 1.54) is 12.1 Å². The Hall–Kier alpha value is -4.19. The molecule has 0 radical (unpaired) electrons. The minimum absolute atomic E-state index is 0.185. The van der Waals surface area contributed by atoms with Gasteiger partial charge in [-0.1, -0.05) is 54.6 Å². The van der Waals surface area contributed by atoms with Gasteiger partial charge in [-0.25, -0.2) is 9.18 Å². The number of carboxylic acids is 1. The van der Waals surface area contributed by atoms with Gasteiger partial charge in [0.1, 0.15) is 11.6 Å². The Balaban J connectivity index is 1.70. The minimum Gasteiger partial charge on any atom is -0.507 e. The second kappa shape index (κ2) is 8.28. The molecule has 0 spiro atoms. The highest BCUT2D eigenvalue weighted by atomic mass is 19.1. The van der Waals surface area contributed by atoms with Crippen LogP contribution in [0.25, 0.3) is 27.8 Å². The van der Waals surface area contributed by atoms with Gasteiger partial charge in [-0.2, -0.15) is 0 Å². The van der Waals surface area contributed by atoms with E-state index in [9.17, 15) is 19.1 Å². The lowest BCUT2D eigenvalue weighted by atomic mass is 10.0. The lowest BCUT2D eigenvalue weighted by Gasteiger charge is -2.07. The number of aliphatic carboxylic acids is 1. The Morgan fingerprint density at radius 2 is 1.58 bits per heavy atom. The van der Waals surface area contributed by atoms with Gasteiger partial charge >= 0.3 is 5.97 Å². The quantitative estimate of drug-likeness (QED) is 0.262. The average molecular weight is 415 g/mol. The Morgan fingerprint density at radius 1 is 0.903 bits per heavy atom. The number of fused-ring (bicyclic) bond motifs is 1. The topological polar surface area (TPSA) is 79.5 Å². The highest BCUT2D eigenvalue weighted by Crippen LogP contribution is 2.28. The summed E-state index contributed by atoms with van der Waals surface area (Å²) in [5, 5.41) is 19.5. The zero-order valence-corrected chi connectivity index (χ0v) is 16.3. The van der Waals surface area contributed by atoms with E-state index in [0.717, 1.165) is 16.7 Å².